The topological polar surface area (TPSA) is 38.7 Å². The second-order valence-electron chi connectivity index (χ2n) is 4.37. The van der Waals surface area contributed by atoms with Crippen molar-refractivity contribution in [1.29, 1.82) is 0 Å². The Morgan fingerprint density at radius 1 is 1.17 bits per heavy atom. The normalized spacial score (nSPS) is 11.0. The van der Waals surface area contributed by atoms with E-state index in [2.05, 4.69) is 4.99 Å². The van der Waals surface area contributed by atoms with Crippen LogP contribution in [0.4, 0.5) is 18.9 Å². The maximum Gasteiger partial charge on any atom is 0.417 e. The maximum absolute atomic E-state index is 13.0. The van der Waals surface area contributed by atoms with E-state index < -0.39 is 16.8 Å². The maximum atomic E-state index is 13.0. The van der Waals surface area contributed by atoms with Gasteiger partial charge in [-0.15, -0.1) is 0 Å². The molecule has 0 unspecified atom stereocenters. The molecule has 0 aliphatic heterocycles. The van der Waals surface area contributed by atoms with Crippen molar-refractivity contribution in [1.82, 2.24) is 0 Å². The Balaban J connectivity index is 2.80. The first-order valence-corrected chi connectivity index (χ1v) is 6.86. The Bertz CT molecular complexity index is 800. The van der Waals surface area contributed by atoms with Crippen LogP contribution >= 0.6 is 23.2 Å². The van der Waals surface area contributed by atoms with Gasteiger partial charge in [-0.1, -0.05) is 23.2 Å². The molecule has 8 heteroatoms. The van der Waals surface area contributed by atoms with Crippen LogP contribution in [0.2, 0.25) is 10.0 Å². The van der Waals surface area contributed by atoms with E-state index >= 15 is 0 Å². The molecule has 23 heavy (non-hydrogen) atoms. The van der Waals surface area contributed by atoms with E-state index in [1.54, 1.807) is 0 Å². The molecule has 120 valence electrons. The smallest absolute Gasteiger partial charge is 0.417 e. The number of alkyl halides is 3. The highest BCUT2D eigenvalue weighted by Gasteiger charge is 2.35. The molecule has 0 aliphatic rings. The van der Waals surface area contributed by atoms with Crippen molar-refractivity contribution in [2.45, 2.75) is 6.18 Å². The number of carbonyl (C=O) groups excluding carboxylic acids is 1. The molecule has 0 aliphatic carbocycles. The standard InChI is InChI=1S/C15H8Cl2F3NO2/c1-23-8-2-3-9(11(16)6-8)13-12(21-7-22)5-4-10(14(13)17)15(18,19)20/h2-6H,1H3. The molecule has 2 aromatic rings. The van der Waals surface area contributed by atoms with Crippen LogP contribution in [0.1, 0.15) is 5.56 Å². The molecule has 0 saturated heterocycles. The first kappa shape index (κ1) is 17.3. The number of nitrogens with zero attached hydrogens (tertiary/aromatic N) is 1. The number of isocyanates is 1. The van der Waals surface area contributed by atoms with Crippen LogP contribution in [0, 0.1) is 0 Å². The van der Waals surface area contributed by atoms with Crippen LogP contribution in [0.15, 0.2) is 35.3 Å². The quantitative estimate of drug-likeness (QED) is 0.522. The van der Waals surface area contributed by atoms with Gasteiger partial charge in [0.25, 0.3) is 0 Å². The number of methoxy groups -OCH3 is 1. The van der Waals surface area contributed by atoms with Gasteiger partial charge in [0, 0.05) is 11.1 Å². The Morgan fingerprint density at radius 3 is 2.39 bits per heavy atom. The number of hydrogen-bond donors (Lipinski definition) is 0. The highest BCUT2D eigenvalue weighted by atomic mass is 35.5. The average Bonchev–Trinajstić information content (AvgIpc) is 2.47. The molecule has 0 aromatic heterocycles. The van der Waals surface area contributed by atoms with Gasteiger partial charge >= 0.3 is 6.18 Å². The van der Waals surface area contributed by atoms with Crippen molar-refractivity contribution >= 4 is 35.0 Å². The SMILES string of the molecule is COc1ccc(-c2c(N=C=O)ccc(C(F)(F)F)c2Cl)c(Cl)c1. The van der Waals surface area contributed by atoms with Crippen molar-refractivity contribution < 1.29 is 22.7 Å². The number of hydrogen-bond acceptors (Lipinski definition) is 3. The van der Waals surface area contributed by atoms with Crippen molar-refractivity contribution in [2.75, 3.05) is 7.11 Å². The van der Waals surface area contributed by atoms with Gasteiger partial charge < -0.3 is 4.74 Å². The Labute approximate surface area is 139 Å². The van der Waals surface area contributed by atoms with Gasteiger partial charge in [0.1, 0.15) is 5.75 Å². The van der Waals surface area contributed by atoms with Gasteiger partial charge in [-0.3, -0.25) is 0 Å². The largest absolute Gasteiger partial charge is 0.497 e. The first-order valence-electron chi connectivity index (χ1n) is 6.11. The molecule has 0 N–H and O–H groups in total. The molecule has 0 bridgehead atoms. The summed E-state index contributed by atoms with van der Waals surface area (Å²) in [6, 6.07) is 6.15. The number of ether oxygens (including phenoxy) is 1. The number of aliphatic imine (C=N–C) groups is 1. The minimum atomic E-state index is -4.66. The Morgan fingerprint density at radius 2 is 1.87 bits per heavy atom. The molecular formula is C15H8Cl2F3NO2. The lowest BCUT2D eigenvalue weighted by Crippen LogP contribution is -2.06. The van der Waals surface area contributed by atoms with Crippen molar-refractivity contribution in [3.05, 3.63) is 45.9 Å². The van der Waals surface area contributed by atoms with Crippen molar-refractivity contribution in [3.8, 4) is 16.9 Å². The highest BCUT2D eigenvalue weighted by molar-refractivity contribution is 6.37. The van der Waals surface area contributed by atoms with E-state index in [1.165, 1.54) is 31.4 Å². The third-order valence-electron chi connectivity index (χ3n) is 3.04. The van der Waals surface area contributed by atoms with Gasteiger partial charge in [0.2, 0.25) is 6.08 Å². The lowest BCUT2D eigenvalue weighted by Gasteiger charge is -2.15. The summed E-state index contributed by atoms with van der Waals surface area (Å²) in [5.74, 6) is 0.419. The van der Waals surface area contributed by atoms with E-state index in [9.17, 15) is 18.0 Å². The Kier molecular flexibility index (Phi) is 5.00. The van der Waals surface area contributed by atoms with Gasteiger partial charge in [-0.2, -0.15) is 18.2 Å². The summed E-state index contributed by atoms with van der Waals surface area (Å²) in [5, 5.41) is -0.492. The molecular weight excluding hydrogens is 354 g/mol. The van der Waals surface area contributed by atoms with Crippen LogP contribution in [0.5, 0.6) is 5.75 Å². The summed E-state index contributed by atoms with van der Waals surface area (Å²) in [6.45, 7) is 0. The molecule has 0 heterocycles. The van der Waals surface area contributed by atoms with E-state index in [0.29, 0.717) is 5.75 Å². The fourth-order valence-corrected chi connectivity index (χ4v) is 2.64. The zero-order chi connectivity index (χ0) is 17.2. The zero-order valence-corrected chi connectivity index (χ0v) is 13.1. The minimum Gasteiger partial charge on any atom is -0.497 e. The van der Waals surface area contributed by atoms with Gasteiger partial charge in [0.15, 0.2) is 0 Å². The van der Waals surface area contributed by atoms with E-state index in [4.69, 9.17) is 27.9 Å². The number of halogens is 5. The average molecular weight is 362 g/mol. The molecule has 2 aromatic carbocycles. The monoisotopic (exact) mass is 361 g/mol. The van der Waals surface area contributed by atoms with Crippen LogP contribution in [0.25, 0.3) is 11.1 Å². The Hall–Kier alpha value is -2.01. The summed E-state index contributed by atoms with van der Waals surface area (Å²) in [4.78, 5) is 13.9. The highest BCUT2D eigenvalue weighted by Crippen LogP contribution is 2.46. The predicted octanol–water partition coefficient (Wildman–Crippen LogP) is 5.66. The molecule has 0 atom stereocenters. The van der Waals surface area contributed by atoms with Crippen LogP contribution < -0.4 is 4.74 Å². The fourth-order valence-electron chi connectivity index (χ4n) is 2.01. The van der Waals surface area contributed by atoms with Crippen LogP contribution in [-0.4, -0.2) is 13.2 Å². The number of rotatable bonds is 3. The lowest BCUT2D eigenvalue weighted by atomic mass is 10.00. The third kappa shape index (κ3) is 3.50. The first-order chi connectivity index (χ1) is 10.8. The van der Waals surface area contributed by atoms with Crippen molar-refractivity contribution in [3.63, 3.8) is 0 Å². The second-order valence-corrected chi connectivity index (χ2v) is 5.15. The van der Waals surface area contributed by atoms with Gasteiger partial charge in [0.05, 0.1) is 28.4 Å². The third-order valence-corrected chi connectivity index (χ3v) is 3.74. The molecule has 0 amide bonds. The molecule has 2 rings (SSSR count). The molecule has 0 radical (unpaired) electrons. The summed E-state index contributed by atoms with van der Waals surface area (Å²) in [7, 11) is 1.42. The number of benzene rings is 2. The summed E-state index contributed by atoms with van der Waals surface area (Å²) < 4.78 is 44.1. The van der Waals surface area contributed by atoms with E-state index in [-0.39, 0.29) is 21.8 Å². The molecule has 0 saturated carbocycles. The van der Waals surface area contributed by atoms with Crippen LogP contribution in [-0.2, 0) is 11.0 Å². The molecule has 3 nitrogen and oxygen atoms in total. The zero-order valence-electron chi connectivity index (χ0n) is 11.5. The van der Waals surface area contributed by atoms with Gasteiger partial charge in [-0.05, 0) is 30.3 Å². The summed E-state index contributed by atoms with van der Waals surface area (Å²) in [5.41, 5.74) is -1.02. The predicted molar refractivity (Wildman–Crippen MR) is 81.2 cm³/mol. The molecule has 0 spiro atoms. The summed E-state index contributed by atoms with van der Waals surface area (Å²) >= 11 is 12.0. The molecule has 0 fully saturated rings. The summed E-state index contributed by atoms with van der Waals surface area (Å²) in [6.07, 6.45) is -3.37. The minimum absolute atomic E-state index is 0.0648. The van der Waals surface area contributed by atoms with Crippen LogP contribution in [0.3, 0.4) is 0 Å². The van der Waals surface area contributed by atoms with E-state index in [0.717, 1.165) is 12.1 Å². The fraction of sp³-hybridized carbons (Fsp3) is 0.133. The lowest BCUT2D eigenvalue weighted by molar-refractivity contribution is -0.137. The van der Waals surface area contributed by atoms with Gasteiger partial charge in [-0.25, -0.2) is 4.79 Å². The van der Waals surface area contributed by atoms with E-state index in [1.807, 2.05) is 0 Å². The van der Waals surface area contributed by atoms with Crippen molar-refractivity contribution in [2.24, 2.45) is 4.99 Å². The second kappa shape index (κ2) is 6.62.